The Morgan fingerprint density at radius 2 is 2.08 bits per heavy atom. The molecule has 0 aliphatic carbocycles. The zero-order valence-electron chi connectivity index (χ0n) is 7.73. The summed E-state index contributed by atoms with van der Waals surface area (Å²) in [6.07, 6.45) is 1.83. The summed E-state index contributed by atoms with van der Waals surface area (Å²) in [5.74, 6) is 0. The fourth-order valence-electron chi connectivity index (χ4n) is 0.967. The maximum atomic E-state index is 5.34. The van der Waals surface area contributed by atoms with Gasteiger partial charge in [-0.25, -0.2) is 0 Å². The van der Waals surface area contributed by atoms with Crippen LogP contribution < -0.4 is 0 Å². The Hall–Kier alpha value is -0.730. The third-order valence-electron chi connectivity index (χ3n) is 1.71. The average Bonchev–Trinajstić information content (AvgIpc) is 2.15. The van der Waals surface area contributed by atoms with Gasteiger partial charge in [0.1, 0.15) is 0 Å². The van der Waals surface area contributed by atoms with E-state index in [-0.39, 0.29) is 5.44 Å². The van der Waals surface area contributed by atoms with Crippen molar-refractivity contribution in [3.05, 3.63) is 42.0 Å². The number of thiol groups is 1. The fourth-order valence-corrected chi connectivity index (χ4v) is 1.04. The van der Waals surface area contributed by atoms with Crippen LogP contribution in [-0.2, 0) is 11.3 Å². The second kappa shape index (κ2) is 5.10. The molecule has 0 radical (unpaired) electrons. The van der Waals surface area contributed by atoms with Gasteiger partial charge in [-0.3, -0.25) is 0 Å². The highest BCUT2D eigenvalue weighted by molar-refractivity contribution is 7.80. The van der Waals surface area contributed by atoms with Crippen molar-refractivity contribution in [3.63, 3.8) is 0 Å². The predicted molar refractivity (Wildman–Crippen MR) is 59.8 cm³/mol. The van der Waals surface area contributed by atoms with Crippen LogP contribution in [0.15, 0.2) is 30.8 Å². The van der Waals surface area contributed by atoms with Gasteiger partial charge >= 0.3 is 0 Å². The molecule has 1 nitrogen and oxygen atoms in total. The highest BCUT2D eigenvalue weighted by Crippen LogP contribution is 2.08. The highest BCUT2D eigenvalue weighted by atomic mass is 32.1. The second-order valence-electron chi connectivity index (χ2n) is 2.86. The lowest BCUT2D eigenvalue weighted by molar-refractivity contribution is 0.112. The Labute approximate surface area is 84.8 Å². The van der Waals surface area contributed by atoms with Gasteiger partial charge in [0.2, 0.25) is 0 Å². The molecule has 0 fully saturated rings. The van der Waals surface area contributed by atoms with Crippen molar-refractivity contribution >= 4 is 18.7 Å². The van der Waals surface area contributed by atoms with Gasteiger partial charge in [-0.1, -0.05) is 36.9 Å². The van der Waals surface area contributed by atoms with Crippen molar-refractivity contribution in [1.29, 1.82) is 0 Å². The number of hydrogen-bond donors (Lipinski definition) is 1. The molecular formula is C11H14OS. The molecule has 0 heterocycles. The lowest BCUT2D eigenvalue weighted by Crippen LogP contribution is -1.99. The van der Waals surface area contributed by atoms with Crippen molar-refractivity contribution in [3.8, 4) is 0 Å². The summed E-state index contributed by atoms with van der Waals surface area (Å²) in [4.78, 5) is 0. The molecule has 1 unspecified atom stereocenters. The first-order valence-electron chi connectivity index (χ1n) is 4.23. The van der Waals surface area contributed by atoms with Crippen LogP contribution in [0.5, 0.6) is 0 Å². The van der Waals surface area contributed by atoms with Gasteiger partial charge < -0.3 is 4.74 Å². The van der Waals surface area contributed by atoms with Gasteiger partial charge in [-0.05, 0) is 18.1 Å². The SMILES string of the molecule is C=Cc1ccc(COC(C)S)cc1. The summed E-state index contributed by atoms with van der Waals surface area (Å²) < 4.78 is 5.34. The van der Waals surface area contributed by atoms with Crippen LogP contribution in [0.25, 0.3) is 6.08 Å². The molecule has 0 saturated carbocycles. The topological polar surface area (TPSA) is 9.23 Å². The molecule has 1 aromatic rings. The first-order chi connectivity index (χ1) is 6.22. The normalized spacial score (nSPS) is 12.5. The van der Waals surface area contributed by atoms with E-state index < -0.39 is 0 Å². The smallest absolute Gasteiger partial charge is 0.0975 e. The van der Waals surface area contributed by atoms with Crippen LogP contribution in [0, 0.1) is 0 Å². The summed E-state index contributed by atoms with van der Waals surface area (Å²) >= 11 is 4.13. The fraction of sp³-hybridized carbons (Fsp3) is 0.273. The molecule has 1 aromatic carbocycles. The van der Waals surface area contributed by atoms with E-state index in [9.17, 15) is 0 Å². The zero-order chi connectivity index (χ0) is 9.68. The Kier molecular flexibility index (Phi) is 4.06. The van der Waals surface area contributed by atoms with E-state index >= 15 is 0 Å². The van der Waals surface area contributed by atoms with Crippen LogP contribution in [0.2, 0.25) is 0 Å². The monoisotopic (exact) mass is 194 g/mol. The highest BCUT2D eigenvalue weighted by Gasteiger charge is 1.95. The van der Waals surface area contributed by atoms with Crippen LogP contribution in [-0.4, -0.2) is 5.44 Å². The van der Waals surface area contributed by atoms with E-state index in [2.05, 4.69) is 19.2 Å². The molecule has 0 amide bonds. The van der Waals surface area contributed by atoms with E-state index in [1.54, 1.807) is 0 Å². The van der Waals surface area contributed by atoms with Gasteiger partial charge in [0.15, 0.2) is 0 Å². The second-order valence-corrected chi connectivity index (χ2v) is 3.58. The minimum Gasteiger partial charge on any atom is -0.363 e. The van der Waals surface area contributed by atoms with Crippen molar-refractivity contribution < 1.29 is 4.74 Å². The lowest BCUT2D eigenvalue weighted by atomic mass is 10.1. The number of rotatable bonds is 4. The maximum absolute atomic E-state index is 5.34. The van der Waals surface area contributed by atoms with Gasteiger partial charge in [0.05, 0.1) is 12.0 Å². The van der Waals surface area contributed by atoms with Crippen LogP contribution in [0.3, 0.4) is 0 Å². The van der Waals surface area contributed by atoms with Gasteiger partial charge in [0, 0.05) is 0 Å². The van der Waals surface area contributed by atoms with E-state index in [0.29, 0.717) is 6.61 Å². The average molecular weight is 194 g/mol. The van der Waals surface area contributed by atoms with E-state index in [1.807, 2.05) is 37.3 Å². The minimum absolute atomic E-state index is 0.0147. The standard InChI is InChI=1S/C11H14OS/c1-3-10-4-6-11(7-5-10)8-12-9(2)13/h3-7,9,13H,1,8H2,2H3. The molecule has 1 rings (SSSR count). The third kappa shape index (κ3) is 3.66. The molecule has 13 heavy (non-hydrogen) atoms. The number of benzene rings is 1. The Morgan fingerprint density at radius 1 is 1.46 bits per heavy atom. The minimum atomic E-state index is -0.0147. The molecule has 0 N–H and O–H groups in total. The predicted octanol–water partition coefficient (Wildman–Crippen LogP) is 3.12. The van der Waals surface area contributed by atoms with E-state index in [1.165, 1.54) is 0 Å². The molecule has 0 saturated heterocycles. The van der Waals surface area contributed by atoms with Crippen molar-refractivity contribution in [1.82, 2.24) is 0 Å². The molecule has 0 bridgehead atoms. The van der Waals surface area contributed by atoms with E-state index in [4.69, 9.17) is 4.74 Å². The van der Waals surface area contributed by atoms with Gasteiger partial charge in [-0.15, -0.1) is 12.6 Å². The molecule has 0 aromatic heterocycles. The molecule has 0 spiro atoms. The first kappa shape index (κ1) is 10.4. The summed E-state index contributed by atoms with van der Waals surface area (Å²) in [7, 11) is 0. The summed E-state index contributed by atoms with van der Waals surface area (Å²) in [6.45, 7) is 6.21. The van der Waals surface area contributed by atoms with Crippen LogP contribution in [0.1, 0.15) is 18.1 Å². The molecule has 0 aliphatic heterocycles. The zero-order valence-corrected chi connectivity index (χ0v) is 8.63. The quantitative estimate of drug-likeness (QED) is 0.572. The largest absolute Gasteiger partial charge is 0.363 e. The molecule has 70 valence electrons. The van der Waals surface area contributed by atoms with Gasteiger partial charge in [0.25, 0.3) is 0 Å². The Bertz CT molecular complexity index is 264. The van der Waals surface area contributed by atoms with Crippen molar-refractivity contribution in [2.45, 2.75) is 19.0 Å². The Balaban J connectivity index is 2.54. The number of hydrogen-bond acceptors (Lipinski definition) is 2. The van der Waals surface area contributed by atoms with Gasteiger partial charge in [-0.2, -0.15) is 0 Å². The van der Waals surface area contributed by atoms with E-state index in [0.717, 1.165) is 11.1 Å². The maximum Gasteiger partial charge on any atom is 0.0975 e. The molecule has 2 heteroatoms. The number of ether oxygens (including phenoxy) is 1. The van der Waals surface area contributed by atoms with Crippen molar-refractivity contribution in [2.24, 2.45) is 0 Å². The molecule has 1 atom stereocenters. The third-order valence-corrected chi connectivity index (χ3v) is 1.86. The molecular weight excluding hydrogens is 180 g/mol. The Morgan fingerprint density at radius 3 is 2.54 bits per heavy atom. The summed E-state index contributed by atoms with van der Waals surface area (Å²) in [5.41, 5.74) is 2.27. The van der Waals surface area contributed by atoms with Crippen molar-refractivity contribution in [2.75, 3.05) is 0 Å². The molecule has 0 aliphatic rings. The first-order valence-corrected chi connectivity index (χ1v) is 4.75. The van der Waals surface area contributed by atoms with Crippen LogP contribution >= 0.6 is 12.6 Å². The lowest BCUT2D eigenvalue weighted by Gasteiger charge is -2.06. The summed E-state index contributed by atoms with van der Waals surface area (Å²) in [5, 5.41) is 0. The summed E-state index contributed by atoms with van der Waals surface area (Å²) in [6, 6.07) is 8.12. The van der Waals surface area contributed by atoms with Crippen LogP contribution in [0.4, 0.5) is 0 Å².